The lowest BCUT2D eigenvalue weighted by Crippen LogP contribution is -2.42. The minimum Gasteiger partial charge on any atom is -0.508 e. The highest BCUT2D eigenvalue weighted by Gasteiger charge is 2.21. The molecule has 42 heavy (non-hydrogen) atoms. The Labute approximate surface area is 241 Å². The number of phenols is 1. The molecule has 10 heteroatoms. The summed E-state index contributed by atoms with van der Waals surface area (Å²) in [5, 5.41) is 24.3. The van der Waals surface area contributed by atoms with Crippen molar-refractivity contribution in [3.05, 3.63) is 119 Å². The second-order valence-electron chi connectivity index (χ2n) is 9.30. The molecule has 10 nitrogen and oxygen atoms in total. The van der Waals surface area contributed by atoms with E-state index in [0.29, 0.717) is 17.0 Å². The molecule has 0 spiro atoms. The molecule has 4 N–H and O–H groups in total. The van der Waals surface area contributed by atoms with Crippen molar-refractivity contribution >= 4 is 29.4 Å². The number of aliphatic carboxylic acids is 1. The van der Waals surface area contributed by atoms with Gasteiger partial charge < -0.3 is 30.3 Å². The smallest absolute Gasteiger partial charge is 0.343 e. The molecule has 0 aliphatic heterocycles. The van der Waals surface area contributed by atoms with Gasteiger partial charge in [-0.1, -0.05) is 24.3 Å². The summed E-state index contributed by atoms with van der Waals surface area (Å²) in [5.74, 6) is -1.67. The zero-order valence-corrected chi connectivity index (χ0v) is 22.6. The summed E-state index contributed by atoms with van der Waals surface area (Å²) >= 11 is 0. The van der Waals surface area contributed by atoms with Crippen LogP contribution in [0.1, 0.15) is 31.8 Å². The summed E-state index contributed by atoms with van der Waals surface area (Å²) in [5.41, 5.74) is 2.39. The van der Waals surface area contributed by atoms with Gasteiger partial charge in [-0.15, -0.1) is 0 Å². The Hall–Kier alpha value is -5.64. The van der Waals surface area contributed by atoms with Crippen molar-refractivity contribution in [3.63, 3.8) is 0 Å². The molecule has 0 aromatic heterocycles. The number of phenolic OH excluding ortho intramolecular Hbond substituents is 1. The Morgan fingerprint density at radius 3 is 1.90 bits per heavy atom. The largest absolute Gasteiger partial charge is 0.508 e. The normalized spacial score (nSPS) is 11.2. The lowest BCUT2D eigenvalue weighted by Gasteiger charge is -2.15. The third-order valence-electron chi connectivity index (χ3n) is 6.23. The van der Waals surface area contributed by atoms with E-state index in [-0.39, 0.29) is 41.4 Å². The van der Waals surface area contributed by atoms with E-state index in [9.17, 15) is 29.4 Å². The molecule has 4 rings (SSSR count). The Morgan fingerprint density at radius 2 is 1.31 bits per heavy atom. The third-order valence-corrected chi connectivity index (χ3v) is 6.23. The number of benzene rings is 4. The van der Waals surface area contributed by atoms with Crippen molar-refractivity contribution < 1.29 is 38.9 Å². The molecule has 0 saturated carbocycles. The predicted octanol–water partition coefficient (Wildman–Crippen LogP) is 4.23. The van der Waals surface area contributed by atoms with Gasteiger partial charge in [0.25, 0.3) is 5.91 Å². The number of methoxy groups -OCH3 is 1. The number of carboxylic acid groups (broad SMARTS) is 1. The van der Waals surface area contributed by atoms with Crippen molar-refractivity contribution in [2.75, 3.05) is 12.4 Å². The second-order valence-corrected chi connectivity index (χ2v) is 9.30. The van der Waals surface area contributed by atoms with Crippen molar-refractivity contribution in [3.8, 4) is 17.2 Å². The fraction of sp³-hybridized carbons (Fsp3) is 0.125. The van der Waals surface area contributed by atoms with Crippen LogP contribution >= 0.6 is 0 Å². The maximum absolute atomic E-state index is 12.8. The minimum absolute atomic E-state index is 0.00718. The first-order valence-electron chi connectivity index (χ1n) is 12.9. The van der Waals surface area contributed by atoms with Gasteiger partial charge in [-0.2, -0.15) is 0 Å². The number of carboxylic acids is 1. The van der Waals surface area contributed by atoms with Crippen LogP contribution < -0.4 is 20.1 Å². The Kier molecular flexibility index (Phi) is 9.52. The van der Waals surface area contributed by atoms with E-state index in [2.05, 4.69) is 10.6 Å². The lowest BCUT2D eigenvalue weighted by atomic mass is 10.0. The second kappa shape index (κ2) is 13.6. The zero-order valence-electron chi connectivity index (χ0n) is 22.6. The van der Waals surface area contributed by atoms with E-state index in [1.165, 1.54) is 48.5 Å². The lowest BCUT2D eigenvalue weighted by molar-refractivity contribution is -0.139. The molecular weight excluding hydrogens is 540 g/mol. The van der Waals surface area contributed by atoms with E-state index < -0.39 is 23.9 Å². The molecular formula is C32H28N2O8. The maximum atomic E-state index is 12.8. The number of esters is 1. The predicted molar refractivity (Wildman–Crippen MR) is 154 cm³/mol. The first-order valence-corrected chi connectivity index (χ1v) is 12.9. The number of aromatic hydroxyl groups is 1. The number of hydrogen-bond donors (Lipinski definition) is 4. The van der Waals surface area contributed by atoms with Gasteiger partial charge in [0, 0.05) is 17.7 Å². The van der Waals surface area contributed by atoms with Gasteiger partial charge >= 0.3 is 11.9 Å². The zero-order chi connectivity index (χ0) is 30.1. The van der Waals surface area contributed by atoms with Crippen molar-refractivity contribution in [2.45, 2.75) is 18.9 Å². The fourth-order valence-electron chi connectivity index (χ4n) is 3.97. The van der Waals surface area contributed by atoms with Crippen LogP contribution in [0.5, 0.6) is 17.2 Å². The Morgan fingerprint density at radius 1 is 0.738 bits per heavy atom. The fourth-order valence-corrected chi connectivity index (χ4v) is 3.97. The molecule has 0 aliphatic carbocycles. The van der Waals surface area contributed by atoms with E-state index >= 15 is 0 Å². The topological polar surface area (TPSA) is 151 Å². The number of carbonyl (C=O) groups is 4. The van der Waals surface area contributed by atoms with Crippen LogP contribution in [0.25, 0.3) is 0 Å². The van der Waals surface area contributed by atoms with Gasteiger partial charge in [0.05, 0.1) is 19.1 Å². The van der Waals surface area contributed by atoms with Crippen LogP contribution in [0.3, 0.4) is 0 Å². The van der Waals surface area contributed by atoms with Crippen LogP contribution in [0.2, 0.25) is 0 Å². The minimum atomic E-state index is -1.22. The highest BCUT2D eigenvalue weighted by Crippen LogP contribution is 2.18. The van der Waals surface area contributed by atoms with Crippen molar-refractivity contribution in [1.29, 1.82) is 0 Å². The van der Waals surface area contributed by atoms with Crippen LogP contribution in [-0.2, 0) is 22.4 Å². The number of anilines is 1. The number of nitrogens with one attached hydrogen (secondary N) is 2. The van der Waals surface area contributed by atoms with E-state index in [1.54, 1.807) is 55.6 Å². The summed E-state index contributed by atoms with van der Waals surface area (Å²) in [6.45, 7) is 0. The van der Waals surface area contributed by atoms with Crippen molar-refractivity contribution in [1.82, 2.24) is 5.32 Å². The molecule has 0 aliphatic rings. The van der Waals surface area contributed by atoms with Gasteiger partial charge in [-0.05, 0) is 83.9 Å². The quantitative estimate of drug-likeness (QED) is 0.155. The van der Waals surface area contributed by atoms with Gasteiger partial charge in [0.1, 0.15) is 23.3 Å². The van der Waals surface area contributed by atoms with E-state index in [4.69, 9.17) is 9.47 Å². The SMILES string of the molecule is COc1ccc(CC(=O)Nc2ccc(C(=O)N[C@@H](Cc3ccc(OC(=O)c4ccc(O)cc4)cc3)C(=O)O)cc2)cc1. The first-order chi connectivity index (χ1) is 20.2. The highest BCUT2D eigenvalue weighted by molar-refractivity contribution is 5.98. The van der Waals surface area contributed by atoms with Gasteiger partial charge in [0.2, 0.25) is 5.91 Å². The van der Waals surface area contributed by atoms with Crippen LogP contribution in [0.4, 0.5) is 5.69 Å². The summed E-state index contributed by atoms with van der Waals surface area (Å²) in [7, 11) is 1.57. The Bertz CT molecular complexity index is 1550. The number of carbonyl (C=O) groups excluding carboxylic acids is 3. The van der Waals surface area contributed by atoms with Crippen LogP contribution in [-0.4, -0.2) is 47.1 Å². The van der Waals surface area contributed by atoms with Crippen LogP contribution in [0, 0.1) is 0 Å². The average molecular weight is 569 g/mol. The summed E-state index contributed by atoms with van der Waals surface area (Å²) in [6.07, 6.45) is 0.154. The summed E-state index contributed by atoms with van der Waals surface area (Å²) < 4.78 is 10.4. The molecule has 0 heterocycles. The number of amides is 2. The molecule has 1 atom stereocenters. The average Bonchev–Trinajstić information content (AvgIpc) is 2.98. The molecule has 0 radical (unpaired) electrons. The number of rotatable bonds is 11. The van der Waals surface area contributed by atoms with Gasteiger partial charge in [-0.25, -0.2) is 9.59 Å². The molecule has 0 saturated heterocycles. The molecule has 4 aromatic carbocycles. The van der Waals surface area contributed by atoms with Gasteiger partial charge in [0.15, 0.2) is 0 Å². The molecule has 214 valence electrons. The highest BCUT2D eigenvalue weighted by atomic mass is 16.5. The standard InChI is InChI=1S/C32H28N2O8/c1-41-26-14-2-21(3-15-26)19-29(36)33-24-10-6-22(7-11-24)30(37)34-28(31(38)39)18-20-4-16-27(17-5-20)42-32(40)23-8-12-25(35)13-9-23/h2-17,28,35H,18-19H2,1H3,(H,33,36)(H,34,37)(H,38,39)/t28-/m0/s1. The monoisotopic (exact) mass is 568 g/mol. The molecule has 2 amide bonds. The Balaban J connectivity index is 1.30. The number of hydrogen-bond acceptors (Lipinski definition) is 7. The number of ether oxygens (including phenoxy) is 2. The summed E-state index contributed by atoms with van der Waals surface area (Å²) in [4.78, 5) is 49.3. The molecule has 0 fully saturated rings. The van der Waals surface area contributed by atoms with Crippen molar-refractivity contribution in [2.24, 2.45) is 0 Å². The van der Waals surface area contributed by atoms with E-state index in [0.717, 1.165) is 5.56 Å². The van der Waals surface area contributed by atoms with E-state index in [1.807, 2.05) is 0 Å². The van der Waals surface area contributed by atoms with Gasteiger partial charge in [-0.3, -0.25) is 9.59 Å². The first kappa shape index (κ1) is 29.3. The maximum Gasteiger partial charge on any atom is 0.343 e. The summed E-state index contributed by atoms with van der Waals surface area (Å²) in [6, 6.07) is 23.9. The van der Waals surface area contributed by atoms with Crippen LogP contribution in [0.15, 0.2) is 97.1 Å². The third kappa shape index (κ3) is 8.18. The molecule has 0 bridgehead atoms. The molecule has 0 unspecified atom stereocenters. The molecule has 4 aromatic rings.